The lowest BCUT2D eigenvalue weighted by Crippen LogP contribution is -2.21. The van der Waals surface area contributed by atoms with Crippen molar-refractivity contribution in [2.24, 2.45) is 0 Å². The van der Waals surface area contributed by atoms with E-state index in [1.807, 2.05) is 30.1 Å². The molecule has 0 bridgehead atoms. The van der Waals surface area contributed by atoms with E-state index >= 15 is 0 Å². The number of carbonyl (C=O) groups excluding carboxylic acids is 1. The Morgan fingerprint density at radius 1 is 1.32 bits per heavy atom. The first-order valence-corrected chi connectivity index (χ1v) is 6.06. The Morgan fingerprint density at radius 3 is 2.84 bits per heavy atom. The molecule has 0 amide bonds. The molecule has 0 aliphatic rings. The lowest BCUT2D eigenvalue weighted by atomic mass is 10.2. The number of anilines is 1. The molecule has 1 heterocycles. The highest BCUT2D eigenvalue weighted by atomic mass is 19.1. The van der Waals surface area contributed by atoms with E-state index in [0.29, 0.717) is 24.1 Å². The summed E-state index contributed by atoms with van der Waals surface area (Å²) in [6.07, 6.45) is 3.17. The van der Waals surface area contributed by atoms with Crippen LogP contribution >= 0.6 is 0 Å². The van der Waals surface area contributed by atoms with Crippen LogP contribution in [0.5, 0.6) is 0 Å². The van der Waals surface area contributed by atoms with Crippen molar-refractivity contribution in [1.29, 1.82) is 0 Å². The van der Waals surface area contributed by atoms with Crippen LogP contribution in [0.25, 0.3) is 0 Å². The Kier molecular flexibility index (Phi) is 4.23. The van der Waals surface area contributed by atoms with E-state index in [9.17, 15) is 9.18 Å². The predicted octanol–water partition coefficient (Wildman–Crippen LogP) is 2.71. The van der Waals surface area contributed by atoms with Gasteiger partial charge in [-0.3, -0.25) is 9.78 Å². The van der Waals surface area contributed by atoms with Gasteiger partial charge in [0.1, 0.15) is 12.1 Å². The van der Waals surface area contributed by atoms with Gasteiger partial charge < -0.3 is 4.90 Å². The van der Waals surface area contributed by atoms with E-state index in [-0.39, 0.29) is 0 Å². The molecule has 2 rings (SSSR count). The Morgan fingerprint density at radius 2 is 2.16 bits per heavy atom. The number of aldehydes is 1. The van der Waals surface area contributed by atoms with Gasteiger partial charge in [0.25, 0.3) is 0 Å². The highest BCUT2D eigenvalue weighted by molar-refractivity contribution is 5.77. The third-order valence-electron chi connectivity index (χ3n) is 2.91. The minimum Gasteiger partial charge on any atom is -0.374 e. The minimum atomic E-state index is -0.399. The van der Waals surface area contributed by atoms with Crippen LogP contribution in [0.3, 0.4) is 0 Å². The number of rotatable bonds is 5. The Balaban J connectivity index is 2.05. The largest absolute Gasteiger partial charge is 0.374 e. The summed E-state index contributed by atoms with van der Waals surface area (Å²) in [6.45, 7) is 0.707. The zero-order valence-electron chi connectivity index (χ0n) is 10.7. The highest BCUT2D eigenvalue weighted by Crippen LogP contribution is 2.17. The molecule has 0 atom stereocenters. The van der Waals surface area contributed by atoms with Crippen molar-refractivity contribution in [2.45, 2.75) is 6.42 Å². The van der Waals surface area contributed by atoms with Gasteiger partial charge in [0.15, 0.2) is 0 Å². The second-order valence-electron chi connectivity index (χ2n) is 4.35. The van der Waals surface area contributed by atoms with Crippen molar-refractivity contribution in [3.63, 3.8) is 0 Å². The summed E-state index contributed by atoms with van der Waals surface area (Å²) in [7, 11) is 1.87. The van der Waals surface area contributed by atoms with Gasteiger partial charge >= 0.3 is 0 Å². The summed E-state index contributed by atoms with van der Waals surface area (Å²) in [5.41, 5.74) is 2.03. The van der Waals surface area contributed by atoms with Crippen LogP contribution in [-0.4, -0.2) is 24.9 Å². The van der Waals surface area contributed by atoms with E-state index in [4.69, 9.17) is 0 Å². The van der Waals surface area contributed by atoms with Gasteiger partial charge in [-0.2, -0.15) is 0 Å². The molecule has 1 aromatic carbocycles. The summed E-state index contributed by atoms with van der Waals surface area (Å²) < 4.78 is 13.3. The number of carbonyl (C=O) groups is 1. The van der Waals surface area contributed by atoms with Crippen molar-refractivity contribution in [3.05, 3.63) is 59.7 Å². The minimum absolute atomic E-state index is 0.347. The molecule has 0 saturated carbocycles. The average Bonchev–Trinajstić information content (AvgIpc) is 2.45. The number of halogens is 1. The molecule has 4 heteroatoms. The van der Waals surface area contributed by atoms with Gasteiger partial charge in [-0.1, -0.05) is 6.07 Å². The van der Waals surface area contributed by atoms with Crippen molar-refractivity contribution in [1.82, 2.24) is 4.98 Å². The number of hydrogen-bond donors (Lipinski definition) is 0. The van der Waals surface area contributed by atoms with Crippen molar-refractivity contribution >= 4 is 12.0 Å². The Labute approximate surface area is 111 Å². The van der Waals surface area contributed by atoms with Gasteiger partial charge in [-0.05, 0) is 30.3 Å². The quantitative estimate of drug-likeness (QED) is 0.773. The van der Waals surface area contributed by atoms with E-state index < -0.39 is 5.82 Å². The molecule has 3 nitrogen and oxygen atoms in total. The van der Waals surface area contributed by atoms with E-state index in [1.165, 1.54) is 12.1 Å². The van der Waals surface area contributed by atoms with Gasteiger partial charge in [0, 0.05) is 43.2 Å². The first kappa shape index (κ1) is 13.2. The van der Waals surface area contributed by atoms with Gasteiger partial charge in [-0.25, -0.2) is 4.39 Å². The SMILES string of the molecule is CN(CCc1ccccn1)c1cc(F)cc(C=O)c1. The summed E-state index contributed by atoms with van der Waals surface area (Å²) in [5, 5.41) is 0. The number of hydrogen-bond acceptors (Lipinski definition) is 3. The fourth-order valence-corrected chi connectivity index (χ4v) is 1.84. The molecule has 0 unspecified atom stereocenters. The number of likely N-dealkylation sites (N-methyl/N-ethyl adjacent to an activating group) is 1. The molecule has 0 saturated heterocycles. The second-order valence-corrected chi connectivity index (χ2v) is 4.35. The molecule has 0 fully saturated rings. The van der Waals surface area contributed by atoms with E-state index in [0.717, 1.165) is 12.1 Å². The number of aromatic nitrogens is 1. The lowest BCUT2D eigenvalue weighted by molar-refractivity contribution is 0.112. The number of benzene rings is 1. The number of pyridine rings is 1. The maximum absolute atomic E-state index is 13.3. The van der Waals surface area contributed by atoms with Crippen LogP contribution in [0.15, 0.2) is 42.6 Å². The monoisotopic (exact) mass is 258 g/mol. The predicted molar refractivity (Wildman–Crippen MR) is 73.0 cm³/mol. The molecule has 19 heavy (non-hydrogen) atoms. The summed E-state index contributed by atoms with van der Waals surface area (Å²) in [4.78, 5) is 16.9. The van der Waals surface area contributed by atoms with E-state index in [2.05, 4.69) is 4.98 Å². The summed E-state index contributed by atoms with van der Waals surface area (Å²) in [5.74, 6) is -0.399. The van der Waals surface area contributed by atoms with Crippen LogP contribution in [0.4, 0.5) is 10.1 Å². The molecule has 0 radical (unpaired) electrons. The van der Waals surface area contributed by atoms with Crippen LogP contribution in [0.1, 0.15) is 16.1 Å². The molecular weight excluding hydrogens is 243 g/mol. The van der Waals surface area contributed by atoms with Gasteiger partial charge in [0.2, 0.25) is 0 Å². The van der Waals surface area contributed by atoms with E-state index in [1.54, 1.807) is 12.3 Å². The maximum atomic E-state index is 13.3. The van der Waals surface area contributed by atoms with Crippen molar-refractivity contribution in [3.8, 4) is 0 Å². The third kappa shape index (κ3) is 3.61. The Bertz CT molecular complexity index is 557. The third-order valence-corrected chi connectivity index (χ3v) is 2.91. The molecule has 0 aliphatic carbocycles. The van der Waals surface area contributed by atoms with Crippen LogP contribution in [0, 0.1) is 5.82 Å². The first-order valence-electron chi connectivity index (χ1n) is 6.06. The molecule has 98 valence electrons. The van der Waals surface area contributed by atoms with Crippen LogP contribution in [-0.2, 0) is 6.42 Å². The highest BCUT2D eigenvalue weighted by Gasteiger charge is 2.05. The fourth-order valence-electron chi connectivity index (χ4n) is 1.84. The van der Waals surface area contributed by atoms with Crippen LogP contribution in [0.2, 0.25) is 0 Å². The molecule has 1 aromatic heterocycles. The van der Waals surface area contributed by atoms with Crippen molar-refractivity contribution in [2.75, 3.05) is 18.5 Å². The zero-order chi connectivity index (χ0) is 13.7. The topological polar surface area (TPSA) is 33.2 Å². The Hall–Kier alpha value is -2.23. The smallest absolute Gasteiger partial charge is 0.150 e. The number of nitrogens with zero attached hydrogens (tertiary/aromatic N) is 2. The van der Waals surface area contributed by atoms with Gasteiger partial charge in [0.05, 0.1) is 0 Å². The summed E-state index contributed by atoms with van der Waals surface area (Å²) in [6, 6.07) is 10.1. The zero-order valence-corrected chi connectivity index (χ0v) is 10.7. The molecule has 0 aliphatic heterocycles. The van der Waals surface area contributed by atoms with Crippen LogP contribution < -0.4 is 4.90 Å². The molecular formula is C15H15FN2O. The normalized spacial score (nSPS) is 10.2. The average molecular weight is 258 g/mol. The van der Waals surface area contributed by atoms with Gasteiger partial charge in [-0.15, -0.1) is 0 Å². The standard InChI is InChI=1S/C15H15FN2O/c1-18(7-5-14-4-2-3-6-17-14)15-9-12(11-19)8-13(16)10-15/h2-4,6,8-11H,5,7H2,1H3. The fraction of sp³-hybridized carbons (Fsp3) is 0.200. The molecule has 0 spiro atoms. The molecule has 2 aromatic rings. The molecule has 0 N–H and O–H groups in total. The maximum Gasteiger partial charge on any atom is 0.150 e. The lowest BCUT2D eigenvalue weighted by Gasteiger charge is -2.19. The first-order chi connectivity index (χ1) is 9.19. The van der Waals surface area contributed by atoms with Crippen molar-refractivity contribution < 1.29 is 9.18 Å². The second kappa shape index (κ2) is 6.09. The summed E-state index contributed by atoms with van der Waals surface area (Å²) >= 11 is 0.